The van der Waals surface area contributed by atoms with E-state index in [1.165, 1.54) is 0 Å². The van der Waals surface area contributed by atoms with Gasteiger partial charge in [-0.25, -0.2) is 0 Å². The summed E-state index contributed by atoms with van der Waals surface area (Å²) in [6, 6.07) is 1.29. The number of nitrogens with one attached hydrogen (secondary N) is 3. The Balaban J connectivity index is 0.00000364. The number of likely N-dealkylation sites (N-methyl/N-ethyl adjacent to an activating group) is 1. The third-order valence-corrected chi connectivity index (χ3v) is 5.35. The summed E-state index contributed by atoms with van der Waals surface area (Å²) in [5.41, 5.74) is 0. The van der Waals surface area contributed by atoms with Crippen LogP contribution in [0.5, 0.6) is 0 Å². The summed E-state index contributed by atoms with van der Waals surface area (Å²) < 4.78 is 5.52. The SMILES string of the molecule is CN=C(NCC(C)N1CCOCC1C)NC1CCN(CC(=O)NC)CC1.I. The van der Waals surface area contributed by atoms with Gasteiger partial charge in [0.1, 0.15) is 0 Å². The van der Waals surface area contributed by atoms with Crippen LogP contribution in [0.15, 0.2) is 4.99 Å². The summed E-state index contributed by atoms with van der Waals surface area (Å²) in [5.74, 6) is 0.947. The van der Waals surface area contributed by atoms with Crippen LogP contribution in [0.3, 0.4) is 0 Å². The lowest BCUT2D eigenvalue weighted by Gasteiger charge is -2.38. The molecule has 2 unspecified atom stereocenters. The van der Waals surface area contributed by atoms with Crippen molar-refractivity contribution in [2.45, 2.75) is 44.8 Å². The molecule has 9 heteroatoms. The fourth-order valence-corrected chi connectivity index (χ4v) is 3.66. The van der Waals surface area contributed by atoms with Crippen molar-refractivity contribution in [1.29, 1.82) is 0 Å². The van der Waals surface area contributed by atoms with Crippen LogP contribution in [0.2, 0.25) is 0 Å². The van der Waals surface area contributed by atoms with Gasteiger partial charge in [0.15, 0.2) is 5.96 Å². The maximum absolute atomic E-state index is 11.5. The number of amides is 1. The normalized spacial score (nSPS) is 24.0. The number of ether oxygens (including phenoxy) is 1. The monoisotopic (exact) mass is 496 g/mol. The Morgan fingerprint density at radius 3 is 2.59 bits per heavy atom. The lowest BCUT2D eigenvalue weighted by Crippen LogP contribution is -2.54. The molecule has 0 aliphatic carbocycles. The molecule has 2 rings (SSSR count). The molecule has 0 radical (unpaired) electrons. The number of carbonyl (C=O) groups excluding carboxylic acids is 1. The first-order chi connectivity index (χ1) is 12.5. The van der Waals surface area contributed by atoms with Gasteiger partial charge in [-0.2, -0.15) is 0 Å². The lowest BCUT2D eigenvalue weighted by atomic mass is 10.1. The Kier molecular flexibility index (Phi) is 11.5. The van der Waals surface area contributed by atoms with Gasteiger partial charge in [-0.15, -0.1) is 24.0 Å². The van der Waals surface area contributed by atoms with Crippen LogP contribution in [-0.2, 0) is 9.53 Å². The number of morpholine rings is 1. The highest BCUT2D eigenvalue weighted by molar-refractivity contribution is 14.0. The number of rotatable bonds is 6. The standard InChI is InChI=1S/C18H36N6O2.HI/c1-14(24-9-10-26-13-15(24)2)11-21-18(20-4)22-16-5-7-23(8-6-16)12-17(25)19-3;/h14-16H,5-13H2,1-4H3,(H,19,25)(H2,20,21,22);1H. The number of carbonyl (C=O) groups is 1. The molecule has 2 aliphatic rings. The molecule has 8 nitrogen and oxygen atoms in total. The highest BCUT2D eigenvalue weighted by atomic mass is 127. The van der Waals surface area contributed by atoms with E-state index in [0.717, 1.165) is 58.2 Å². The molecule has 0 aromatic heterocycles. The molecule has 27 heavy (non-hydrogen) atoms. The molecule has 0 aromatic carbocycles. The average Bonchev–Trinajstić information content (AvgIpc) is 2.66. The van der Waals surface area contributed by atoms with Crippen LogP contribution in [0.25, 0.3) is 0 Å². The van der Waals surface area contributed by atoms with E-state index in [2.05, 4.69) is 44.6 Å². The highest BCUT2D eigenvalue weighted by Gasteiger charge is 2.24. The van der Waals surface area contributed by atoms with Crippen molar-refractivity contribution < 1.29 is 9.53 Å². The van der Waals surface area contributed by atoms with E-state index in [9.17, 15) is 4.79 Å². The number of piperidine rings is 1. The largest absolute Gasteiger partial charge is 0.379 e. The molecular formula is C18H37IN6O2. The minimum atomic E-state index is 0. The van der Waals surface area contributed by atoms with E-state index < -0.39 is 0 Å². The molecular weight excluding hydrogens is 459 g/mol. The Bertz CT molecular complexity index is 471. The molecule has 0 aromatic rings. The van der Waals surface area contributed by atoms with Gasteiger partial charge in [0, 0.05) is 58.4 Å². The number of hydrogen-bond donors (Lipinski definition) is 3. The molecule has 1 amide bonds. The predicted octanol–water partition coefficient (Wildman–Crippen LogP) is 0.0890. The Labute approximate surface area is 180 Å². The minimum absolute atomic E-state index is 0. The van der Waals surface area contributed by atoms with E-state index in [0.29, 0.717) is 24.7 Å². The summed E-state index contributed by atoms with van der Waals surface area (Å²) in [4.78, 5) is 20.5. The molecule has 2 aliphatic heterocycles. The van der Waals surface area contributed by atoms with Gasteiger partial charge in [0.25, 0.3) is 0 Å². The molecule has 158 valence electrons. The first-order valence-electron chi connectivity index (χ1n) is 9.77. The van der Waals surface area contributed by atoms with Crippen molar-refractivity contribution in [1.82, 2.24) is 25.8 Å². The first-order valence-corrected chi connectivity index (χ1v) is 9.77. The quantitative estimate of drug-likeness (QED) is 0.275. The molecule has 2 atom stereocenters. The van der Waals surface area contributed by atoms with Crippen LogP contribution in [0.1, 0.15) is 26.7 Å². The van der Waals surface area contributed by atoms with Gasteiger partial charge >= 0.3 is 0 Å². The summed E-state index contributed by atoms with van der Waals surface area (Å²) >= 11 is 0. The van der Waals surface area contributed by atoms with E-state index in [-0.39, 0.29) is 29.9 Å². The highest BCUT2D eigenvalue weighted by Crippen LogP contribution is 2.11. The van der Waals surface area contributed by atoms with Crippen LogP contribution in [0.4, 0.5) is 0 Å². The number of halogens is 1. The molecule has 2 heterocycles. The van der Waals surface area contributed by atoms with Crippen molar-refractivity contribution >= 4 is 35.8 Å². The van der Waals surface area contributed by atoms with Crippen molar-refractivity contribution in [3.05, 3.63) is 0 Å². The van der Waals surface area contributed by atoms with Crippen LogP contribution in [0, 0.1) is 0 Å². The second-order valence-corrected chi connectivity index (χ2v) is 7.33. The first kappa shape index (κ1) is 24.4. The summed E-state index contributed by atoms with van der Waals surface area (Å²) in [7, 11) is 3.50. The fraction of sp³-hybridized carbons (Fsp3) is 0.889. The third kappa shape index (κ3) is 8.08. The van der Waals surface area contributed by atoms with Crippen molar-refractivity contribution in [2.75, 3.05) is 60.0 Å². The summed E-state index contributed by atoms with van der Waals surface area (Å²) in [5, 5.41) is 9.68. The molecule has 0 spiro atoms. The molecule has 3 N–H and O–H groups in total. The van der Waals surface area contributed by atoms with Crippen molar-refractivity contribution in [3.63, 3.8) is 0 Å². The Hall–Kier alpha value is -0.650. The van der Waals surface area contributed by atoms with E-state index in [4.69, 9.17) is 4.74 Å². The van der Waals surface area contributed by atoms with Crippen LogP contribution < -0.4 is 16.0 Å². The second-order valence-electron chi connectivity index (χ2n) is 7.33. The van der Waals surface area contributed by atoms with Crippen LogP contribution >= 0.6 is 24.0 Å². The van der Waals surface area contributed by atoms with Gasteiger partial charge in [-0.05, 0) is 26.7 Å². The van der Waals surface area contributed by atoms with Crippen LogP contribution in [-0.4, -0.2) is 99.8 Å². The van der Waals surface area contributed by atoms with E-state index in [1.54, 1.807) is 7.05 Å². The zero-order valence-electron chi connectivity index (χ0n) is 17.2. The molecule has 0 bridgehead atoms. The van der Waals surface area contributed by atoms with Crippen molar-refractivity contribution in [3.8, 4) is 0 Å². The maximum Gasteiger partial charge on any atom is 0.233 e. The Morgan fingerprint density at radius 1 is 1.30 bits per heavy atom. The Morgan fingerprint density at radius 2 is 2.00 bits per heavy atom. The number of nitrogens with zero attached hydrogens (tertiary/aromatic N) is 3. The van der Waals surface area contributed by atoms with Gasteiger partial charge in [0.05, 0.1) is 19.8 Å². The molecule has 2 saturated heterocycles. The van der Waals surface area contributed by atoms with E-state index in [1.807, 2.05) is 7.05 Å². The van der Waals surface area contributed by atoms with E-state index >= 15 is 0 Å². The van der Waals surface area contributed by atoms with Gasteiger partial charge in [-0.1, -0.05) is 0 Å². The average molecular weight is 496 g/mol. The number of guanidine groups is 1. The topological polar surface area (TPSA) is 81.2 Å². The molecule has 2 fully saturated rings. The van der Waals surface area contributed by atoms with Crippen molar-refractivity contribution in [2.24, 2.45) is 4.99 Å². The number of likely N-dealkylation sites (tertiary alicyclic amines) is 1. The zero-order chi connectivity index (χ0) is 18.9. The summed E-state index contributed by atoms with van der Waals surface area (Å²) in [6.45, 7) is 10.3. The van der Waals surface area contributed by atoms with Gasteiger partial charge in [-0.3, -0.25) is 19.6 Å². The second kappa shape index (κ2) is 12.7. The van der Waals surface area contributed by atoms with Gasteiger partial charge < -0.3 is 20.7 Å². The van der Waals surface area contributed by atoms with Gasteiger partial charge in [0.2, 0.25) is 5.91 Å². The number of aliphatic imine (C=N–C) groups is 1. The zero-order valence-corrected chi connectivity index (χ0v) is 19.5. The summed E-state index contributed by atoms with van der Waals surface area (Å²) in [6.07, 6.45) is 2.04. The maximum atomic E-state index is 11.5. The fourth-order valence-electron chi connectivity index (χ4n) is 3.66. The number of hydrogen-bond acceptors (Lipinski definition) is 5. The lowest BCUT2D eigenvalue weighted by molar-refractivity contribution is -0.122. The molecule has 0 saturated carbocycles. The predicted molar refractivity (Wildman–Crippen MR) is 120 cm³/mol. The minimum Gasteiger partial charge on any atom is -0.379 e. The third-order valence-electron chi connectivity index (χ3n) is 5.35. The smallest absolute Gasteiger partial charge is 0.233 e.